The lowest BCUT2D eigenvalue weighted by Crippen LogP contribution is -2.08. The molecule has 152 valence electrons. The molecule has 0 amide bonds. The number of esters is 1. The van der Waals surface area contributed by atoms with Gasteiger partial charge in [0.2, 0.25) is 5.82 Å². The maximum Gasteiger partial charge on any atom is 0.310 e. The van der Waals surface area contributed by atoms with Crippen molar-refractivity contribution < 1.29 is 32.7 Å². The molecule has 9 heteroatoms. The van der Waals surface area contributed by atoms with Crippen LogP contribution >= 0.6 is 0 Å². The lowest BCUT2D eigenvalue weighted by molar-refractivity contribution is -0.144. The van der Waals surface area contributed by atoms with Crippen molar-refractivity contribution in [2.45, 2.75) is 13.0 Å². The van der Waals surface area contributed by atoms with Crippen molar-refractivity contribution in [1.29, 1.82) is 0 Å². The third-order valence-corrected chi connectivity index (χ3v) is 4.03. The highest BCUT2D eigenvalue weighted by atomic mass is 19.1. The Hall–Kier alpha value is -3.62. The fourth-order valence-corrected chi connectivity index (χ4v) is 2.59. The van der Waals surface area contributed by atoms with Crippen LogP contribution in [0.3, 0.4) is 0 Å². The van der Waals surface area contributed by atoms with Crippen LogP contribution in [0.1, 0.15) is 11.5 Å². The third-order valence-electron chi connectivity index (χ3n) is 4.03. The SMILES string of the molecule is COc1ccc(CC(=O)OCc2nc(-c3ccc(OC)c(OC)c3)no2)cc1F. The van der Waals surface area contributed by atoms with Crippen molar-refractivity contribution in [1.82, 2.24) is 10.1 Å². The molecule has 0 aliphatic rings. The summed E-state index contributed by atoms with van der Waals surface area (Å²) < 4.78 is 39.2. The number of rotatable bonds is 8. The van der Waals surface area contributed by atoms with E-state index in [1.54, 1.807) is 31.4 Å². The van der Waals surface area contributed by atoms with Gasteiger partial charge in [-0.15, -0.1) is 0 Å². The molecule has 0 bridgehead atoms. The Morgan fingerprint density at radius 1 is 1.00 bits per heavy atom. The maximum atomic E-state index is 13.7. The summed E-state index contributed by atoms with van der Waals surface area (Å²) in [5.74, 6) is 0.544. The van der Waals surface area contributed by atoms with Crippen molar-refractivity contribution in [2.24, 2.45) is 0 Å². The molecular formula is C20H19FN2O6. The first-order valence-corrected chi connectivity index (χ1v) is 8.57. The van der Waals surface area contributed by atoms with Crippen LogP contribution in [-0.2, 0) is 22.6 Å². The summed E-state index contributed by atoms with van der Waals surface area (Å²) in [5, 5.41) is 3.87. The van der Waals surface area contributed by atoms with E-state index >= 15 is 0 Å². The van der Waals surface area contributed by atoms with Gasteiger partial charge in [0, 0.05) is 5.56 Å². The van der Waals surface area contributed by atoms with Gasteiger partial charge < -0.3 is 23.5 Å². The molecule has 0 saturated heterocycles. The summed E-state index contributed by atoms with van der Waals surface area (Å²) in [5.41, 5.74) is 1.11. The first kappa shape index (κ1) is 20.1. The fourth-order valence-electron chi connectivity index (χ4n) is 2.59. The van der Waals surface area contributed by atoms with Crippen LogP contribution in [0.25, 0.3) is 11.4 Å². The topological polar surface area (TPSA) is 92.9 Å². The summed E-state index contributed by atoms with van der Waals surface area (Å²) >= 11 is 0. The van der Waals surface area contributed by atoms with Crippen LogP contribution in [0.15, 0.2) is 40.9 Å². The van der Waals surface area contributed by atoms with Gasteiger partial charge in [-0.05, 0) is 35.9 Å². The van der Waals surface area contributed by atoms with Crippen LogP contribution in [0.4, 0.5) is 4.39 Å². The van der Waals surface area contributed by atoms with E-state index in [9.17, 15) is 9.18 Å². The third kappa shape index (κ3) is 4.81. The standard InChI is InChI=1S/C20H19FN2O6/c1-25-15-6-4-12(8-14(15)21)9-19(24)28-11-18-22-20(23-29-18)13-5-7-16(26-2)17(10-13)27-3/h4-8,10H,9,11H2,1-3H3. The number of nitrogens with zero attached hydrogens (tertiary/aromatic N) is 2. The molecule has 0 radical (unpaired) electrons. The minimum Gasteiger partial charge on any atom is -0.494 e. The molecule has 8 nitrogen and oxygen atoms in total. The second-order valence-corrected chi connectivity index (χ2v) is 5.89. The Kier molecular flexibility index (Phi) is 6.28. The van der Waals surface area contributed by atoms with Gasteiger partial charge >= 0.3 is 5.97 Å². The molecule has 0 saturated carbocycles. The molecule has 3 aromatic rings. The van der Waals surface area contributed by atoms with Crippen molar-refractivity contribution in [2.75, 3.05) is 21.3 Å². The maximum absolute atomic E-state index is 13.7. The van der Waals surface area contributed by atoms with Gasteiger partial charge in [-0.25, -0.2) is 4.39 Å². The smallest absolute Gasteiger partial charge is 0.310 e. The highest BCUT2D eigenvalue weighted by Crippen LogP contribution is 2.31. The molecular weight excluding hydrogens is 383 g/mol. The largest absolute Gasteiger partial charge is 0.494 e. The van der Waals surface area contributed by atoms with Crippen LogP contribution in [0.2, 0.25) is 0 Å². The predicted octanol–water partition coefficient (Wildman–Crippen LogP) is 3.19. The molecule has 0 unspecified atom stereocenters. The van der Waals surface area contributed by atoms with E-state index in [4.69, 9.17) is 23.5 Å². The normalized spacial score (nSPS) is 10.5. The van der Waals surface area contributed by atoms with Crippen LogP contribution in [0, 0.1) is 5.82 Å². The predicted molar refractivity (Wildman–Crippen MR) is 99.3 cm³/mol. The van der Waals surface area contributed by atoms with Gasteiger partial charge in [-0.1, -0.05) is 11.2 Å². The van der Waals surface area contributed by atoms with Gasteiger partial charge in [-0.3, -0.25) is 4.79 Å². The van der Waals surface area contributed by atoms with E-state index < -0.39 is 11.8 Å². The van der Waals surface area contributed by atoms with Crippen LogP contribution < -0.4 is 14.2 Å². The first-order valence-electron chi connectivity index (χ1n) is 8.57. The number of ether oxygens (including phenoxy) is 4. The number of halogens is 1. The molecule has 1 heterocycles. The molecule has 0 spiro atoms. The monoisotopic (exact) mass is 402 g/mol. The highest BCUT2D eigenvalue weighted by Gasteiger charge is 2.14. The summed E-state index contributed by atoms with van der Waals surface area (Å²) in [4.78, 5) is 16.2. The van der Waals surface area contributed by atoms with Crippen molar-refractivity contribution in [3.63, 3.8) is 0 Å². The Balaban J connectivity index is 1.60. The second-order valence-electron chi connectivity index (χ2n) is 5.89. The van der Waals surface area contributed by atoms with Crippen LogP contribution in [0.5, 0.6) is 17.2 Å². The fraction of sp³-hybridized carbons (Fsp3) is 0.250. The number of hydrogen-bond donors (Lipinski definition) is 0. The Morgan fingerprint density at radius 3 is 2.41 bits per heavy atom. The van der Waals surface area contributed by atoms with E-state index in [0.29, 0.717) is 28.5 Å². The second kappa shape index (κ2) is 9.05. The number of aromatic nitrogens is 2. The summed E-state index contributed by atoms with van der Waals surface area (Å²) in [6.45, 7) is -0.197. The zero-order chi connectivity index (χ0) is 20.8. The van der Waals surface area contributed by atoms with E-state index in [1.165, 1.54) is 26.4 Å². The van der Waals surface area contributed by atoms with Crippen molar-refractivity contribution in [3.8, 4) is 28.6 Å². The minimum absolute atomic E-state index is 0.0996. The average molecular weight is 402 g/mol. The van der Waals surface area contributed by atoms with Gasteiger partial charge in [0.1, 0.15) is 0 Å². The number of benzene rings is 2. The van der Waals surface area contributed by atoms with Gasteiger partial charge in [0.15, 0.2) is 29.7 Å². The summed E-state index contributed by atoms with van der Waals surface area (Å²) in [7, 11) is 4.43. The van der Waals surface area contributed by atoms with E-state index in [0.717, 1.165) is 0 Å². The van der Waals surface area contributed by atoms with E-state index in [-0.39, 0.29) is 24.7 Å². The lowest BCUT2D eigenvalue weighted by Gasteiger charge is -2.07. The zero-order valence-corrected chi connectivity index (χ0v) is 16.1. The van der Waals surface area contributed by atoms with Gasteiger partial charge in [0.25, 0.3) is 5.89 Å². The first-order chi connectivity index (χ1) is 14.0. The van der Waals surface area contributed by atoms with Crippen LogP contribution in [-0.4, -0.2) is 37.4 Å². The van der Waals surface area contributed by atoms with E-state index in [2.05, 4.69) is 10.1 Å². The molecule has 0 fully saturated rings. The number of hydrogen-bond acceptors (Lipinski definition) is 8. The molecule has 0 N–H and O–H groups in total. The molecule has 0 atom stereocenters. The quantitative estimate of drug-likeness (QED) is 0.531. The Labute approximate surface area is 166 Å². The average Bonchev–Trinajstić information content (AvgIpc) is 3.21. The number of methoxy groups -OCH3 is 3. The molecule has 0 aliphatic carbocycles. The van der Waals surface area contributed by atoms with Crippen molar-refractivity contribution in [3.05, 3.63) is 53.7 Å². The Morgan fingerprint density at radius 2 is 1.72 bits per heavy atom. The van der Waals surface area contributed by atoms with Gasteiger partial charge in [0.05, 0.1) is 27.8 Å². The lowest BCUT2D eigenvalue weighted by atomic mass is 10.1. The van der Waals surface area contributed by atoms with Crippen molar-refractivity contribution >= 4 is 5.97 Å². The molecule has 3 rings (SSSR count). The zero-order valence-electron chi connectivity index (χ0n) is 16.1. The number of carbonyl (C=O) groups is 1. The highest BCUT2D eigenvalue weighted by molar-refractivity contribution is 5.72. The van der Waals surface area contributed by atoms with E-state index in [1.807, 2.05) is 0 Å². The Bertz CT molecular complexity index is 1000. The summed E-state index contributed by atoms with van der Waals surface area (Å²) in [6.07, 6.45) is -0.0996. The minimum atomic E-state index is -0.555. The molecule has 29 heavy (non-hydrogen) atoms. The molecule has 2 aromatic carbocycles. The molecule has 0 aliphatic heterocycles. The number of carbonyl (C=O) groups excluding carboxylic acids is 1. The van der Waals surface area contributed by atoms with Gasteiger partial charge in [-0.2, -0.15) is 4.98 Å². The summed E-state index contributed by atoms with van der Waals surface area (Å²) in [6, 6.07) is 9.44. The molecule has 1 aromatic heterocycles.